The normalized spacial score (nSPS) is 19.7. The predicted octanol–water partition coefficient (Wildman–Crippen LogP) is 2.44. The van der Waals surface area contributed by atoms with Gasteiger partial charge in [0.25, 0.3) is 0 Å². The van der Waals surface area contributed by atoms with Gasteiger partial charge in [-0.3, -0.25) is 4.98 Å². The number of hydrogen-bond donors (Lipinski definition) is 1. The summed E-state index contributed by atoms with van der Waals surface area (Å²) in [5.41, 5.74) is 2.42. The van der Waals surface area contributed by atoms with E-state index in [4.69, 9.17) is 4.74 Å². The van der Waals surface area contributed by atoms with Crippen LogP contribution in [0.25, 0.3) is 0 Å². The lowest BCUT2D eigenvalue weighted by Crippen LogP contribution is -2.18. The van der Waals surface area contributed by atoms with Crippen LogP contribution in [0.1, 0.15) is 36.9 Å². The zero-order valence-electron chi connectivity index (χ0n) is 10.6. The average Bonchev–Trinajstić information content (AvgIpc) is 2.84. The molecule has 1 saturated heterocycles. The van der Waals surface area contributed by atoms with Crippen LogP contribution in [0.3, 0.4) is 0 Å². The number of rotatable bonds is 6. The van der Waals surface area contributed by atoms with E-state index >= 15 is 0 Å². The molecular formula is C14H22N2O. The molecule has 3 heteroatoms. The van der Waals surface area contributed by atoms with Gasteiger partial charge in [-0.15, -0.1) is 0 Å². The number of aryl methyl sites for hydroxylation is 1. The van der Waals surface area contributed by atoms with Crippen LogP contribution in [0.5, 0.6) is 0 Å². The molecule has 1 aliphatic heterocycles. The van der Waals surface area contributed by atoms with Gasteiger partial charge in [0.1, 0.15) is 0 Å². The molecule has 1 fully saturated rings. The first-order chi connectivity index (χ1) is 8.36. The van der Waals surface area contributed by atoms with Crippen molar-refractivity contribution in [3.63, 3.8) is 0 Å². The van der Waals surface area contributed by atoms with E-state index in [1.165, 1.54) is 31.2 Å². The Morgan fingerprint density at radius 2 is 2.47 bits per heavy atom. The van der Waals surface area contributed by atoms with Gasteiger partial charge in [-0.1, -0.05) is 6.07 Å². The molecular weight excluding hydrogens is 212 g/mol. The van der Waals surface area contributed by atoms with Crippen molar-refractivity contribution in [2.24, 2.45) is 0 Å². The standard InChI is InChI=1S/C14H22N2O/c1-12-5-2-9-16-14(12)11-15-8-3-6-13-7-4-10-17-13/h2,5,9,13,15H,3-4,6-8,10-11H2,1H3. The third-order valence-electron chi connectivity index (χ3n) is 3.31. The second-order valence-electron chi connectivity index (χ2n) is 4.72. The van der Waals surface area contributed by atoms with E-state index in [2.05, 4.69) is 23.3 Å². The van der Waals surface area contributed by atoms with E-state index in [1.807, 2.05) is 12.3 Å². The molecule has 2 heterocycles. The summed E-state index contributed by atoms with van der Waals surface area (Å²) in [6, 6.07) is 4.09. The molecule has 0 aromatic carbocycles. The molecule has 0 radical (unpaired) electrons. The molecule has 0 aliphatic carbocycles. The minimum absolute atomic E-state index is 0.522. The molecule has 1 unspecified atom stereocenters. The number of nitrogens with zero attached hydrogens (tertiary/aromatic N) is 1. The Morgan fingerprint density at radius 3 is 3.24 bits per heavy atom. The smallest absolute Gasteiger partial charge is 0.0576 e. The summed E-state index contributed by atoms with van der Waals surface area (Å²) in [5.74, 6) is 0. The molecule has 1 atom stereocenters. The molecule has 1 aromatic heterocycles. The molecule has 17 heavy (non-hydrogen) atoms. The van der Waals surface area contributed by atoms with E-state index in [0.29, 0.717) is 6.10 Å². The molecule has 0 bridgehead atoms. The number of hydrogen-bond acceptors (Lipinski definition) is 3. The summed E-state index contributed by atoms with van der Waals surface area (Å²) < 4.78 is 5.60. The molecule has 0 amide bonds. The first kappa shape index (κ1) is 12.5. The van der Waals surface area contributed by atoms with Gasteiger partial charge in [-0.2, -0.15) is 0 Å². The van der Waals surface area contributed by atoms with E-state index in [0.717, 1.165) is 25.4 Å². The third kappa shape index (κ3) is 4.10. The molecule has 94 valence electrons. The molecule has 0 saturated carbocycles. The zero-order valence-corrected chi connectivity index (χ0v) is 10.6. The SMILES string of the molecule is Cc1cccnc1CNCCCC1CCCO1. The lowest BCUT2D eigenvalue weighted by atomic mass is 10.1. The highest BCUT2D eigenvalue weighted by Crippen LogP contribution is 2.16. The van der Waals surface area contributed by atoms with Crippen molar-refractivity contribution in [1.29, 1.82) is 0 Å². The Morgan fingerprint density at radius 1 is 1.53 bits per heavy atom. The molecule has 1 aliphatic rings. The number of aromatic nitrogens is 1. The second-order valence-corrected chi connectivity index (χ2v) is 4.72. The zero-order chi connectivity index (χ0) is 11.9. The number of ether oxygens (including phenoxy) is 1. The fourth-order valence-corrected chi connectivity index (χ4v) is 2.24. The monoisotopic (exact) mass is 234 g/mol. The number of pyridine rings is 1. The van der Waals surface area contributed by atoms with Crippen LogP contribution in [-0.2, 0) is 11.3 Å². The van der Waals surface area contributed by atoms with Crippen molar-refractivity contribution in [1.82, 2.24) is 10.3 Å². The summed E-state index contributed by atoms with van der Waals surface area (Å²) in [5, 5.41) is 3.45. The summed E-state index contributed by atoms with van der Waals surface area (Å²) >= 11 is 0. The van der Waals surface area contributed by atoms with Crippen LogP contribution in [0, 0.1) is 6.92 Å². The van der Waals surface area contributed by atoms with Gasteiger partial charge in [-0.25, -0.2) is 0 Å². The molecule has 1 N–H and O–H groups in total. The van der Waals surface area contributed by atoms with Crippen molar-refractivity contribution in [2.75, 3.05) is 13.2 Å². The summed E-state index contributed by atoms with van der Waals surface area (Å²) in [6.07, 6.45) is 7.25. The van der Waals surface area contributed by atoms with Gasteiger partial charge in [0, 0.05) is 19.3 Å². The summed E-state index contributed by atoms with van der Waals surface area (Å²) in [4.78, 5) is 4.37. The van der Waals surface area contributed by atoms with Crippen molar-refractivity contribution in [2.45, 2.75) is 45.3 Å². The van der Waals surface area contributed by atoms with Gasteiger partial charge in [0.05, 0.1) is 11.8 Å². The van der Waals surface area contributed by atoms with E-state index in [-0.39, 0.29) is 0 Å². The summed E-state index contributed by atoms with van der Waals surface area (Å²) in [6.45, 7) is 5.00. The highest BCUT2D eigenvalue weighted by molar-refractivity contribution is 5.17. The van der Waals surface area contributed by atoms with Crippen molar-refractivity contribution >= 4 is 0 Å². The quantitative estimate of drug-likeness (QED) is 0.768. The molecule has 1 aromatic rings. The third-order valence-corrected chi connectivity index (χ3v) is 3.31. The Balaban J connectivity index is 1.58. The van der Waals surface area contributed by atoms with Gasteiger partial charge in [0.2, 0.25) is 0 Å². The van der Waals surface area contributed by atoms with Crippen LogP contribution < -0.4 is 5.32 Å². The van der Waals surface area contributed by atoms with Crippen LogP contribution in [0.15, 0.2) is 18.3 Å². The predicted molar refractivity (Wildman–Crippen MR) is 68.9 cm³/mol. The summed E-state index contributed by atoms with van der Waals surface area (Å²) in [7, 11) is 0. The van der Waals surface area contributed by atoms with E-state index in [9.17, 15) is 0 Å². The maximum atomic E-state index is 5.60. The van der Waals surface area contributed by atoms with Crippen molar-refractivity contribution < 1.29 is 4.74 Å². The van der Waals surface area contributed by atoms with Gasteiger partial charge in [-0.05, 0) is 50.8 Å². The first-order valence-corrected chi connectivity index (χ1v) is 6.59. The maximum absolute atomic E-state index is 5.60. The number of nitrogens with one attached hydrogen (secondary N) is 1. The Hall–Kier alpha value is -0.930. The van der Waals surface area contributed by atoms with E-state index in [1.54, 1.807) is 0 Å². The highest BCUT2D eigenvalue weighted by atomic mass is 16.5. The second kappa shape index (κ2) is 6.72. The van der Waals surface area contributed by atoms with E-state index < -0.39 is 0 Å². The Bertz CT molecular complexity index is 335. The topological polar surface area (TPSA) is 34.2 Å². The van der Waals surface area contributed by atoms with Crippen LogP contribution in [0.4, 0.5) is 0 Å². The highest BCUT2D eigenvalue weighted by Gasteiger charge is 2.14. The van der Waals surface area contributed by atoms with Gasteiger partial charge >= 0.3 is 0 Å². The molecule has 2 rings (SSSR count). The van der Waals surface area contributed by atoms with Crippen molar-refractivity contribution in [3.05, 3.63) is 29.6 Å². The van der Waals surface area contributed by atoms with Gasteiger partial charge < -0.3 is 10.1 Å². The average molecular weight is 234 g/mol. The van der Waals surface area contributed by atoms with Gasteiger partial charge in [0.15, 0.2) is 0 Å². The molecule has 3 nitrogen and oxygen atoms in total. The fraction of sp³-hybridized carbons (Fsp3) is 0.643. The lowest BCUT2D eigenvalue weighted by molar-refractivity contribution is 0.102. The molecule has 0 spiro atoms. The fourth-order valence-electron chi connectivity index (χ4n) is 2.24. The lowest BCUT2D eigenvalue weighted by Gasteiger charge is -2.10. The van der Waals surface area contributed by atoms with Crippen LogP contribution in [-0.4, -0.2) is 24.2 Å². The maximum Gasteiger partial charge on any atom is 0.0576 e. The van der Waals surface area contributed by atoms with Crippen LogP contribution >= 0.6 is 0 Å². The Labute approximate surface area is 104 Å². The minimum atomic E-state index is 0.522. The largest absolute Gasteiger partial charge is 0.378 e. The van der Waals surface area contributed by atoms with Crippen LogP contribution in [0.2, 0.25) is 0 Å². The van der Waals surface area contributed by atoms with Crippen molar-refractivity contribution in [3.8, 4) is 0 Å². The minimum Gasteiger partial charge on any atom is -0.378 e. The Kier molecular flexibility index (Phi) is 4.95. The first-order valence-electron chi connectivity index (χ1n) is 6.59.